The molecule has 1 saturated carbocycles. The molecule has 1 N–H and O–H groups in total. The highest BCUT2D eigenvalue weighted by Gasteiger charge is 2.40. The molecule has 0 spiro atoms. The average molecular weight is 206 g/mol. The predicted octanol–water partition coefficient (Wildman–Crippen LogP) is 0.969. The maximum absolute atomic E-state index is 11.0. The van der Waals surface area contributed by atoms with E-state index >= 15 is 0 Å². The van der Waals surface area contributed by atoms with Crippen LogP contribution in [0.4, 0.5) is 0 Å². The summed E-state index contributed by atoms with van der Waals surface area (Å²) >= 11 is 0. The number of rotatable bonds is 2. The third-order valence-corrected chi connectivity index (χ3v) is 3.17. The first kappa shape index (κ1) is 10.8. The molecule has 13 heavy (non-hydrogen) atoms. The molecule has 0 radical (unpaired) electrons. The lowest BCUT2D eigenvalue weighted by Crippen LogP contribution is -2.30. The lowest BCUT2D eigenvalue weighted by atomic mass is 9.92. The summed E-state index contributed by atoms with van der Waals surface area (Å²) in [5.74, 6) is 1.27. The van der Waals surface area contributed by atoms with E-state index in [9.17, 15) is 4.79 Å². The Labute approximate surface area is 84.6 Å². The molecule has 3 atom stereocenters. The minimum atomic E-state index is -0.0486. The summed E-state index contributed by atoms with van der Waals surface area (Å²) in [5.41, 5.74) is 0. The highest BCUT2D eigenvalue weighted by molar-refractivity contribution is 5.85. The van der Waals surface area contributed by atoms with E-state index in [1.54, 1.807) is 0 Å². The zero-order chi connectivity index (χ0) is 8.55. The molecule has 1 heterocycles. The summed E-state index contributed by atoms with van der Waals surface area (Å²) in [4.78, 5) is 11.0. The second-order valence-electron chi connectivity index (χ2n) is 3.88. The van der Waals surface area contributed by atoms with E-state index in [0.29, 0.717) is 18.4 Å². The topological polar surface area (TPSA) is 38.3 Å². The van der Waals surface area contributed by atoms with Gasteiger partial charge in [-0.1, -0.05) is 0 Å². The van der Waals surface area contributed by atoms with Gasteiger partial charge < -0.3 is 10.1 Å². The molecule has 0 aromatic rings. The van der Waals surface area contributed by atoms with Gasteiger partial charge in [0.05, 0.1) is 7.11 Å². The monoisotopic (exact) mass is 205 g/mol. The molecular formula is C9H16ClNO2. The lowest BCUT2D eigenvalue weighted by Gasteiger charge is -2.20. The van der Waals surface area contributed by atoms with Crippen LogP contribution in [0.1, 0.15) is 19.3 Å². The van der Waals surface area contributed by atoms with Crippen molar-refractivity contribution < 1.29 is 9.53 Å². The number of hydrogen-bond donors (Lipinski definition) is 1. The lowest BCUT2D eigenvalue weighted by molar-refractivity contribution is -0.142. The van der Waals surface area contributed by atoms with Gasteiger partial charge in [0.1, 0.15) is 0 Å². The van der Waals surface area contributed by atoms with Crippen LogP contribution < -0.4 is 5.32 Å². The van der Waals surface area contributed by atoms with Crippen molar-refractivity contribution in [2.45, 2.75) is 25.3 Å². The summed E-state index contributed by atoms with van der Waals surface area (Å²) < 4.78 is 4.66. The van der Waals surface area contributed by atoms with Crippen LogP contribution >= 0.6 is 12.4 Å². The minimum Gasteiger partial charge on any atom is -0.469 e. The highest BCUT2D eigenvalue weighted by Crippen LogP contribution is 2.38. The van der Waals surface area contributed by atoms with Gasteiger partial charge in [0, 0.05) is 12.5 Å². The molecule has 3 unspecified atom stereocenters. The van der Waals surface area contributed by atoms with Crippen LogP contribution in [0.2, 0.25) is 0 Å². The molecule has 76 valence electrons. The number of hydrogen-bond acceptors (Lipinski definition) is 3. The second kappa shape index (κ2) is 4.29. The van der Waals surface area contributed by atoms with Crippen molar-refractivity contribution in [3.63, 3.8) is 0 Å². The third kappa shape index (κ3) is 2.15. The minimum absolute atomic E-state index is 0. The Morgan fingerprint density at radius 1 is 1.54 bits per heavy atom. The molecule has 3 nitrogen and oxygen atoms in total. The van der Waals surface area contributed by atoms with Crippen molar-refractivity contribution in [3.05, 3.63) is 0 Å². The van der Waals surface area contributed by atoms with Crippen molar-refractivity contribution in [2.24, 2.45) is 11.8 Å². The predicted molar refractivity (Wildman–Crippen MR) is 51.9 cm³/mol. The second-order valence-corrected chi connectivity index (χ2v) is 3.88. The van der Waals surface area contributed by atoms with Gasteiger partial charge in [-0.25, -0.2) is 0 Å². The van der Waals surface area contributed by atoms with Gasteiger partial charge >= 0.3 is 5.97 Å². The van der Waals surface area contributed by atoms with E-state index in [4.69, 9.17) is 0 Å². The summed E-state index contributed by atoms with van der Waals surface area (Å²) in [5, 5.41) is 3.43. The fourth-order valence-corrected chi connectivity index (χ4v) is 2.49. The SMILES string of the molecule is COC(=O)CC1CC2CC1CN2.Cl. The first-order chi connectivity index (χ1) is 5.79. The Morgan fingerprint density at radius 3 is 2.77 bits per heavy atom. The molecule has 2 aliphatic rings. The number of halogens is 1. The van der Waals surface area contributed by atoms with Crippen molar-refractivity contribution in [2.75, 3.05) is 13.7 Å². The van der Waals surface area contributed by atoms with E-state index in [-0.39, 0.29) is 18.4 Å². The maximum atomic E-state index is 11.0. The fraction of sp³-hybridized carbons (Fsp3) is 0.889. The molecule has 2 rings (SSSR count). The quantitative estimate of drug-likeness (QED) is 0.683. The molecule has 4 heteroatoms. The molecular weight excluding hydrogens is 190 g/mol. The molecule has 0 amide bonds. The van der Waals surface area contributed by atoms with Gasteiger partial charge in [0.15, 0.2) is 0 Å². The molecule has 0 aromatic heterocycles. The van der Waals surface area contributed by atoms with Crippen molar-refractivity contribution in [1.29, 1.82) is 0 Å². The van der Waals surface area contributed by atoms with Crippen molar-refractivity contribution >= 4 is 18.4 Å². The number of ether oxygens (including phenoxy) is 1. The van der Waals surface area contributed by atoms with E-state index in [0.717, 1.165) is 12.5 Å². The van der Waals surface area contributed by atoms with Crippen LogP contribution in [0.3, 0.4) is 0 Å². The standard InChI is InChI=1S/C9H15NO2.ClH/c1-12-9(11)4-6-2-8-3-7(6)5-10-8;/h6-8,10H,2-5H2,1H3;1H. The van der Waals surface area contributed by atoms with Crippen LogP contribution in [-0.2, 0) is 9.53 Å². The van der Waals surface area contributed by atoms with Crippen LogP contribution in [-0.4, -0.2) is 25.7 Å². The summed E-state index contributed by atoms with van der Waals surface area (Å²) in [6.07, 6.45) is 3.06. The van der Waals surface area contributed by atoms with Crippen molar-refractivity contribution in [1.82, 2.24) is 5.32 Å². The number of nitrogens with one attached hydrogen (secondary N) is 1. The summed E-state index contributed by atoms with van der Waals surface area (Å²) in [7, 11) is 1.47. The zero-order valence-electron chi connectivity index (χ0n) is 7.79. The third-order valence-electron chi connectivity index (χ3n) is 3.17. The van der Waals surface area contributed by atoms with Crippen molar-refractivity contribution in [3.8, 4) is 0 Å². The van der Waals surface area contributed by atoms with Gasteiger partial charge in [0.2, 0.25) is 0 Å². The number of piperidine rings is 1. The zero-order valence-corrected chi connectivity index (χ0v) is 8.60. The molecule has 1 saturated heterocycles. The summed E-state index contributed by atoms with van der Waals surface area (Å²) in [6, 6.07) is 0.685. The molecule has 1 aliphatic carbocycles. The van der Waals surface area contributed by atoms with Crippen LogP contribution in [0.15, 0.2) is 0 Å². The number of fused-ring (bicyclic) bond motifs is 2. The van der Waals surface area contributed by atoms with Gasteiger partial charge in [0.25, 0.3) is 0 Å². The van der Waals surface area contributed by atoms with Crippen LogP contribution in [0.25, 0.3) is 0 Å². The first-order valence-corrected chi connectivity index (χ1v) is 4.60. The highest BCUT2D eigenvalue weighted by atomic mass is 35.5. The van der Waals surface area contributed by atoms with Gasteiger partial charge in [-0.15, -0.1) is 12.4 Å². The summed E-state index contributed by atoms with van der Waals surface area (Å²) in [6.45, 7) is 1.10. The van der Waals surface area contributed by atoms with Crippen LogP contribution in [0.5, 0.6) is 0 Å². The van der Waals surface area contributed by atoms with E-state index in [2.05, 4.69) is 10.1 Å². The number of methoxy groups -OCH3 is 1. The smallest absolute Gasteiger partial charge is 0.305 e. The Bertz CT molecular complexity index is 198. The Morgan fingerprint density at radius 2 is 2.31 bits per heavy atom. The molecule has 2 bridgehead atoms. The molecule has 1 aliphatic heterocycles. The largest absolute Gasteiger partial charge is 0.469 e. The number of esters is 1. The normalized spacial score (nSPS) is 35.6. The van der Waals surface area contributed by atoms with E-state index in [1.807, 2.05) is 0 Å². The van der Waals surface area contributed by atoms with Gasteiger partial charge in [-0.3, -0.25) is 4.79 Å². The average Bonchev–Trinajstić information content (AvgIpc) is 2.64. The van der Waals surface area contributed by atoms with E-state index in [1.165, 1.54) is 20.0 Å². The maximum Gasteiger partial charge on any atom is 0.305 e. The molecule has 2 fully saturated rings. The Balaban J connectivity index is 0.000000845. The van der Waals surface area contributed by atoms with Gasteiger partial charge in [-0.2, -0.15) is 0 Å². The fourth-order valence-electron chi connectivity index (χ4n) is 2.49. The Hall–Kier alpha value is -0.280. The molecule has 0 aromatic carbocycles. The number of carbonyl (C=O) groups is 1. The van der Waals surface area contributed by atoms with Crippen LogP contribution in [0, 0.1) is 11.8 Å². The number of carbonyl (C=O) groups excluding carboxylic acids is 1. The Kier molecular flexibility index (Phi) is 3.56. The van der Waals surface area contributed by atoms with Gasteiger partial charge in [-0.05, 0) is 31.2 Å². The van der Waals surface area contributed by atoms with E-state index < -0.39 is 0 Å². The first-order valence-electron chi connectivity index (χ1n) is 4.60.